The second kappa shape index (κ2) is 10.7. The molecule has 3 aromatic rings. The van der Waals surface area contributed by atoms with Crippen LogP contribution in [-0.4, -0.2) is 72.7 Å². The Morgan fingerprint density at radius 3 is 2.31 bits per heavy atom. The topological polar surface area (TPSA) is 125 Å². The van der Waals surface area contributed by atoms with Gasteiger partial charge in [-0.15, -0.1) is 10.2 Å². The summed E-state index contributed by atoms with van der Waals surface area (Å²) < 4.78 is 61.5. The summed E-state index contributed by atoms with van der Waals surface area (Å²) in [6.07, 6.45) is 4.23. The molecule has 1 saturated carbocycles. The third kappa shape index (κ3) is 5.94. The first kappa shape index (κ1) is 28.8. The SMILES string of the molecule is Cc1cc(-c2nnc(-c3ccc(NS(=O)(=O)C(C)CO)cc3N3CCC4(CC3)CC4)o2)cc(N2CCC(F)(F)CC2)n1. The number of aliphatic hydroxyl groups excluding tert-OH is 1. The summed E-state index contributed by atoms with van der Waals surface area (Å²) in [6, 6.07) is 8.81. The van der Waals surface area contributed by atoms with E-state index in [1.165, 1.54) is 19.8 Å². The van der Waals surface area contributed by atoms with Crippen molar-refractivity contribution in [3.63, 3.8) is 0 Å². The number of pyridine rings is 1. The van der Waals surface area contributed by atoms with Crippen molar-refractivity contribution in [2.24, 2.45) is 5.41 Å². The Morgan fingerprint density at radius 1 is 0.976 bits per heavy atom. The van der Waals surface area contributed by atoms with Crippen LogP contribution in [0.5, 0.6) is 0 Å². The van der Waals surface area contributed by atoms with Crippen molar-refractivity contribution in [1.29, 1.82) is 0 Å². The van der Waals surface area contributed by atoms with Gasteiger partial charge in [-0.2, -0.15) is 0 Å². The van der Waals surface area contributed by atoms with Gasteiger partial charge in [0.25, 0.3) is 5.92 Å². The third-order valence-electron chi connectivity index (χ3n) is 8.83. The molecule has 0 amide bonds. The van der Waals surface area contributed by atoms with Crippen LogP contribution in [-0.2, 0) is 10.0 Å². The zero-order valence-electron chi connectivity index (χ0n) is 23.8. The number of nitrogens with one attached hydrogen (secondary N) is 1. The van der Waals surface area contributed by atoms with Crippen LogP contribution in [0.3, 0.4) is 0 Å². The highest BCUT2D eigenvalue weighted by atomic mass is 32.2. The van der Waals surface area contributed by atoms with Gasteiger partial charge in [0.15, 0.2) is 0 Å². The molecule has 10 nitrogen and oxygen atoms in total. The van der Waals surface area contributed by atoms with E-state index in [-0.39, 0.29) is 31.8 Å². The number of aliphatic hydroxyl groups is 1. The van der Waals surface area contributed by atoms with E-state index < -0.39 is 27.8 Å². The Balaban J connectivity index is 1.31. The lowest BCUT2D eigenvalue weighted by Crippen LogP contribution is -2.39. The minimum atomic E-state index is -3.77. The molecule has 3 fully saturated rings. The maximum Gasteiger partial charge on any atom is 0.251 e. The average molecular weight is 603 g/mol. The van der Waals surface area contributed by atoms with Gasteiger partial charge >= 0.3 is 0 Å². The molecule has 226 valence electrons. The van der Waals surface area contributed by atoms with Crippen molar-refractivity contribution in [2.75, 3.05) is 47.3 Å². The van der Waals surface area contributed by atoms with Gasteiger partial charge in [-0.05, 0) is 75.3 Å². The molecule has 2 saturated heterocycles. The van der Waals surface area contributed by atoms with E-state index in [1.807, 2.05) is 17.9 Å². The quantitative estimate of drug-likeness (QED) is 0.372. The number of alkyl halides is 2. The monoisotopic (exact) mass is 602 g/mol. The number of rotatable bonds is 8. The standard InChI is InChI=1S/C29H36F2N6O4S/c1-19-15-21(16-25(32-19)37-13-9-29(30,31)10-14-37)26-33-34-27(41-26)23-4-3-22(35-42(39,40)20(2)18-38)17-24(23)36-11-7-28(5-6-28)8-12-36/h3-4,15-17,20,35,38H,5-14,18H2,1-2H3. The number of aryl methyl sites for hydroxylation is 1. The van der Waals surface area contributed by atoms with Gasteiger partial charge < -0.3 is 19.3 Å². The summed E-state index contributed by atoms with van der Waals surface area (Å²) >= 11 is 0. The van der Waals surface area contributed by atoms with E-state index in [9.17, 15) is 22.3 Å². The Hall–Kier alpha value is -3.32. The Morgan fingerprint density at radius 2 is 1.64 bits per heavy atom. The first-order chi connectivity index (χ1) is 20.0. The van der Waals surface area contributed by atoms with Crippen LogP contribution in [0.25, 0.3) is 22.9 Å². The highest BCUT2D eigenvalue weighted by molar-refractivity contribution is 7.93. The Labute approximate surface area is 244 Å². The van der Waals surface area contributed by atoms with Crippen LogP contribution in [0.15, 0.2) is 34.7 Å². The normalized spacial score (nSPS) is 20.5. The Kier molecular flexibility index (Phi) is 7.37. The molecule has 1 spiro atoms. The van der Waals surface area contributed by atoms with E-state index in [0.717, 1.165) is 31.6 Å². The van der Waals surface area contributed by atoms with Crippen molar-refractivity contribution < 1.29 is 26.7 Å². The highest BCUT2D eigenvalue weighted by Crippen LogP contribution is 2.54. The fraction of sp³-hybridized carbons (Fsp3) is 0.552. The van der Waals surface area contributed by atoms with Gasteiger partial charge in [0.05, 0.1) is 23.5 Å². The molecule has 13 heteroatoms. The largest absolute Gasteiger partial charge is 0.416 e. The zero-order valence-corrected chi connectivity index (χ0v) is 24.6. The van der Waals surface area contributed by atoms with E-state index in [2.05, 4.69) is 24.8 Å². The van der Waals surface area contributed by atoms with Gasteiger partial charge in [0, 0.05) is 50.3 Å². The average Bonchev–Trinajstić information content (AvgIpc) is 3.52. The molecule has 0 radical (unpaired) electrons. The summed E-state index contributed by atoms with van der Waals surface area (Å²) in [7, 11) is -3.77. The van der Waals surface area contributed by atoms with E-state index in [4.69, 9.17) is 4.42 Å². The molecular weight excluding hydrogens is 566 g/mol. The van der Waals surface area contributed by atoms with Crippen LogP contribution in [0, 0.1) is 12.3 Å². The first-order valence-corrected chi connectivity index (χ1v) is 16.0. The second-order valence-electron chi connectivity index (χ2n) is 12.0. The van der Waals surface area contributed by atoms with E-state index in [1.54, 1.807) is 24.3 Å². The number of aromatic nitrogens is 3. The van der Waals surface area contributed by atoms with E-state index in [0.29, 0.717) is 39.6 Å². The summed E-state index contributed by atoms with van der Waals surface area (Å²) in [5, 5.41) is 17.1. The Bertz CT molecular complexity index is 1560. The predicted octanol–water partition coefficient (Wildman–Crippen LogP) is 4.85. The molecule has 1 unspecified atom stereocenters. The summed E-state index contributed by atoms with van der Waals surface area (Å²) in [5.41, 5.74) is 3.66. The lowest BCUT2D eigenvalue weighted by molar-refractivity contribution is -0.0221. The van der Waals surface area contributed by atoms with Crippen LogP contribution in [0.4, 0.5) is 26.0 Å². The van der Waals surface area contributed by atoms with Gasteiger partial charge in [0.1, 0.15) is 11.1 Å². The number of nitrogens with zero attached hydrogens (tertiary/aromatic N) is 5. The lowest BCUT2D eigenvalue weighted by atomic mass is 9.93. The molecule has 3 aliphatic rings. The molecule has 42 heavy (non-hydrogen) atoms. The number of benzene rings is 1. The van der Waals surface area contributed by atoms with Crippen molar-refractivity contribution in [3.05, 3.63) is 36.0 Å². The number of anilines is 3. The number of hydrogen-bond acceptors (Lipinski definition) is 9. The number of piperidine rings is 2. The summed E-state index contributed by atoms with van der Waals surface area (Å²) in [4.78, 5) is 8.64. The minimum Gasteiger partial charge on any atom is -0.416 e. The molecule has 1 aliphatic carbocycles. The molecule has 0 bridgehead atoms. The first-order valence-electron chi connectivity index (χ1n) is 14.4. The molecule has 2 aromatic heterocycles. The number of sulfonamides is 1. The molecule has 4 heterocycles. The molecule has 2 N–H and O–H groups in total. The molecule has 6 rings (SSSR count). The molecule has 2 aliphatic heterocycles. The van der Waals surface area contributed by atoms with Crippen LogP contribution in [0.1, 0.15) is 51.1 Å². The predicted molar refractivity (Wildman–Crippen MR) is 156 cm³/mol. The highest BCUT2D eigenvalue weighted by Gasteiger charge is 2.44. The third-order valence-corrected chi connectivity index (χ3v) is 10.6. The van der Waals surface area contributed by atoms with Crippen molar-refractivity contribution >= 4 is 27.2 Å². The fourth-order valence-corrected chi connectivity index (χ4v) is 6.60. The van der Waals surface area contributed by atoms with Gasteiger partial charge in [-0.3, -0.25) is 4.72 Å². The van der Waals surface area contributed by atoms with Crippen molar-refractivity contribution in [1.82, 2.24) is 15.2 Å². The molecular formula is C29H36F2N6O4S. The maximum atomic E-state index is 13.7. The maximum absolute atomic E-state index is 13.7. The number of halogens is 2. The fourth-order valence-electron chi connectivity index (χ4n) is 5.75. The van der Waals surface area contributed by atoms with Gasteiger partial charge in [-0.1, -0.05) is 0 Å². The smallest absolute Gasteiger partial charge is 0.251 e. The summed E-state index contributed by atoms with van der Waals surface area (Å²) in [5.74, 6) is -1.49. The van der Waals surface area contributed by atoms with Gasteiger partial charge in [0.2, 0.25) is 21.8 Å². The van der Waals surface area contributed by atoms with Gasteiger partial charge in [-0.25, -0.2) is 22.2 Å². The minimum absolute atomic E-state index is 0.214. The van der Waals surface area contributed by atoms with Crippen LogP contribution in [0.2, 0.25) is 0 Å². The van der Waals surface area contributed by atoms with Crippen molar-refractivity contribution in [2.45, 2.75) is 63.5 Å². The van der Waals surface area contributed by atoms with Crippen molar-refractivity contribution in [3.8, 4) is 22.9 Å². The summed E-state index contributed by atoms with van der Waals surface area (Å²) in [6.45, 7) is 4.89. The second-order valence-corrected chi connectivity index (χ2v) is 14.1. The molecule has 1 atom stereocenters. The van der Waals surface area contributed by atoms with Crippen LogP contribution < -0.4 is 14.5 Å². The van der Waals surface area contributed by atoms with E-state index >= 15 is 0 Å². The number of hydrogen-bond donors (Lipinski definition) is 2. The zero-order chi connectivity index (χ0) is 29.7. The lowest BCUT2D eigenvalue weighted by Gasteiger charge is -2.35. The molecule has 1 aromatic carbocycles. The van der Waals surface area contributed by atoms with Crippen LogP contribution >= 0.6 is 0 Å².